The first-order chi connectivity index (χ1) is 11.6. The normalized spacial score (nSPS) is 14.6. The van der Waals surface area contributed by atoms with Crippen LogP contribution in [0.4, 0.5) is 0 Å². The van der Waals surface area contributed by atoms with Crippen LogP contribution in [0.15, 0.2) is 35.3 Å². The minimum atomic E-state index is -0.0111. The number of rotatable bonds is 7. The number of amides is 1. The summed E-state index contributed by atoms with van der Waals surface area (Å²) >= 11 is 0. The van der Waals surface area contributed by atoms with Crippen molar-refractivity contribution in [3.05, 3.63) is 30.3 Å². The summed E-state index contributed by atoms with van der Waals surface area (Å²) in [6.07, 6.45) is 4.81. The van der Waals surface area contributed by atoms with E-state index in [4.69, 9.17) is 4.74 Å². The SMILES string of the molecule is CN(C)C(=O)CN=C(NCCOc1ccccc1)NC1CCCC1.I. The Hall–Kier alpha value is -1.51. The number of para-hydroxylation sites is 1. The average molecular weight is 460 g/mol. The fraction of sp³-hybridized carbons (Fsp3) is 0.556. The van der Waals surface area contributed by atoms with Gasteiger partial charge in [-0.1, -0.05) is 31.0 Å². The van der Waals surface area contributed by atoms with E-state index >= 15 is 0 Å². The Labute approximate surface area is 167 Å². The van der Waals surface area contributed by atoms with Crippen LogP contribution in [-0.2, 0) is 4.79 Å². The molecule has 0 aliphatic heterocycles. The number of ether oxygens (including phenoxy) is 1. The minimum Gasteiger partial charge on any atom is -0.492 e. The summed E-state index contributed by atoms with van der Waals surface area (Å²) in [4.78, 5) is 17.7. The lowest BCUT2D eigenvalue weighted by Crippen LogP contribution is -2.44. The van der Waals surface area contributed by atoms with E-state index in [0.29, 0.717) is 25.2 Å². The topological polar surface area (TPSA) is 66.0 Å². The molecule has 0 spiro atoms. The largest absolute Gasteiger partial charge is 0.492 e. The van der Waals surface area contributed by atoms with Gasteiger partial charge in [0, 0.05) is 20.1 Å². The first-order valence-electron chi connectivity index (χ1n) is 8.58. The number of hydrogen-bond donors (Lipinski definition) is 2. The first-order valence-corrected chi connectivity index (χ1v) is 8.58. The van der Waals surface area contributed by atoms with Crippen molar-refractivity contribution in [1.82, 2.24) is 15.5 Å². The molecule has 1 aromatic rings. The van der Waals surface area contributed by atoms with E-state index in [1.165, 1.54) is 12.8 Å². The monoisotopic (exact) mass is 460 g/mol. The van der Waals surface area contributed by atoms with Gasteiger partial charge in [0.15, 0.2) is 5.96 Å². The third kappa shape index (κ3) is 8.42. The molecule has 0 heterocycles. The van der Waals surface area contributed by atoms with Gasteiger partial charge in [0.05, 0.1) is 6.54 Å². The number of nitrogens with one attached hydrogen (secondary N) is 2. The van der Waals surface area contributed by atoms with Gasteiger partial charge in [-0.15, -0.1) is 24.0 Å². The van der Waals surface area contributed by atoms with Crippen molar-refractivity contribution in [1.29, 1.82) is 0 Å². The Morgan fingerprint density at radius 2 is 1.92 bits per heavy atom. The molecule has 1 aromatic carbocycles. The lowest BCUT2D eigenvalue weighted by molar-refractivity contribution is -0.127. The highest BCUT2D eigenvalue weighted by atomic mass is 127. The Kier molecular flexibility index (Phi) is 10.3. The molecule has 0 bridgehead atoms. The van der Waals surface area contributed by atoms with Crippen LogP contribution in [0.25, 0.3) is 0 Å². The molecule has 1 aliphatic rings. The molecule has 0 unspecified atom stereocenters. The predicted octanol–water partition coefficient (Wildman–Crippen LogP) is 2.25. The number of benzene rings is 1. The van der Waals surface area contributed by atoms with Crippen molar-refractivity contribution in [2.45, 2.75) is 31.7 Å². The maximum Gasteiger partial charge on any atom is 0.243 e. The van der Waals surface area contributed by atoms with Gasteiger partial charge in [-0.05, 0) is 25.0 Å². The number of halogens is 1. The predicted molar refractivity (Wildman–Crippen MR) is 112 cm³/mol. The summed E-state index contributed by atoms with van der Waals surface area (Å²) in [5.74, 6) is 1.53. The highest BCUT2D eigenvalue weighted by Crippen LogP contribution is 2.17. The van der Waals surface area contributed by atoms with Crippen LogP contribution in [0, 0.1) is 0 Å². The standard InChI is InChI=1S/C18H28N4O2.HI/c1-22(2)17(23)14-20-18(21-15-8-6-7-9-15)19-12-13-24-16-10-4-3-5-11-16;/h3-5,10-11,15H,6-9,12-14H2,1-2H3,(H2,19,20,21);1H. The Morgan fingerprint density at radius 3 is 2.56 bits per heavy atom. The van der Waals surface area contributed by atoms with Gasteiger partial charge in [0.1, 0.15) is 18.9 Å². The van der Waals surface area contributed by atoms with Crippen LogP contribution >= 0.6 is 24.0 Å². The molecule has 1 aliphatic carbocycles. The third-order valence-corrected chi connectivity index (χ3v) is 3.97. The fourth-order valence-electron chi connectivity index (χ4n) is 2.56. The molecule has 0 aromatic heterocycles. The second kappa shape index (κ2) is 11.9. The Morgan fingerprint density at radius 1 is 1.24 bits per heavy atom. The first kappa shape index (κ1) is 21.5. The summed E-state index contributed by atoms with van der Waals surface area (Å²) < 4.78 is 5.67. The summed E-state index contributed by atoms with van der Waals surface area (Å²) in [6.45, 7) is 1.31. The van der Waals surface area contributed by atoms with Crippen molar-refractivity contribution >= 4 is 35.8 Å². The molecule has 0 radical (unpaired) electrons. The Bertz CT molecular complexity index is 531. The lowest BCUT2D eigenvalue weighted by atomic mass is 10.2. The van der Waals surface area contributed by atoms with E-state index < -0.39 is 0 Å². The maximum atomic E-state index is 11.7. The van der Waals surface area contributed by atoms with E-state index in [-0.39, 0.29) is 36.4 Å². The number of likely N-dealkylation sites (N-methyl/N-ethyl adjacent to an activating group) is 1. The maximum absolute atomic E-state index is 11.7. The molecule has 6 nitrogen and oxygen atoms in total. The van der Waals surface area contributed by atoms with Gasteiger partial charge < -0.3 is 20.3 Å². The van der Waals surface area contributed by atoms with Crippen LogP contribution in [0.1, 0.15) is 25.7 Å². The van der Waals surface area contributed by atoms with E-state index in [9.17, 15) is 4.79 Å². The summed E-state index contributed by atoms with van der Waals surface area (Å²) in [7, 11) is 3.48. The minimum absolute atomic E-state index is 0. The van der Waals surface area contributed by atoms with Gasteiger partial charge >= 0.3 is 0 Å². The van der Waals surface area contributed by atoms with Crippen LogP contribution in [0.5, 0.6) is 5.75 Å². The summed E-state index contributed by atoms with van der Waals surface area (Å²) in [5, 5.41) is 6.68. The van der Waals surface area contributed by atoms with Crippen molar-refractivity contribution in [2.75, 3.05) is 33.8 Å². The number of hydrogen-bond acceptors (Lipinski definition) is 3. The molecule has 2 rings (SSSR count). The molecule has 0 saturated heterocycles. The number of carbonyl (C=O) groups excluding carboxylic acids is 1. The van der Waals surface area contributed by atoms with E-state index in [0.717, 1.165) is 18.6 Å². The number of aliphatic imine (C=N–C) groups is 1. The molecule has 0 atom stereocenters. The van der Waals surface area contributed by atoms with Crippen molar-refractivity contribution in [3.8, 4) is 5.75 Å². The number of nitrogens with zero attached hydrogens (tertiary/aromatic N) is 2. The zero-order valence-electron chi connectivity index (χ0n) is 15.0. The number of guanidine groups is 1. The zero-order chi connectivity index (χ0) is 17.2. The van der Waals surface area contributed by atoms with Crippen LogP contribution in [-0.4, -0.2) is 56.6 Å². The highest BCUT2D eigenvalue weighted by Gasteiger charge is 2.16. The number of carbonyl (C=O) groups is 1. The molecule has 1 saturated carbocycles. The van der Waals surface area contributed by atoms with E-state index in [1.54, 1.807) is 19.0 Å². The Balaban J connectivity index is 0.00000312. The molecule has 1 amide bonds. The average Bonchev–Trinajstić information content (AvgIpc) is 3.09. The molecule has 7 heteroatoms. The quantitative estimate of drug-likeness (QED) is 0.284. The van der Waals surface area contributed by atoms with Crippen molar-refractivity contribution in [3.63, 3.8) is 0 Å². The zero-order valence-corrected chi connectivity index (χ0v) is 17.4. The molecule has 2 N–H and O–H groups in total. The molecule has 25 heavy (non-hydrogen) atoms. The van der Waals surface area contributed by atoms with Crippen LogP contribution in [0.3, 0.4) is 0 Å². The molecular formula is C18H29IN4O2. The van der Waals surface area contributed by atoms with E-state index in [1.807, 2.05) is 30.3 Å². The second-order valence-corrected chi connectivity index (χ2v) is 6.17. The van der Waals surface area contributed by atoms with Gasteiger partial charge in [0.2, 0.25) is 5.91 Å². The van der Waals surface area contributed by atoms with Gasteiger partial charge in [-0.2, -0.15) is 0 Å². The molecule has 140 valence electrons. The lowest BCUT2D eigenvalue weighted by Gasteiger charge is -2.18. The summed E-state index contributed by atoms with van der Waals surface area (Å²) in [5.41, 5.74) is 0. The molecule has 1 fully saturated rings. The van der Waals surface area contributed by atoms with Crippen LogP contribution < -0.4 is 15.4 Å². The molecular weight excluding hydrogens is 431 g/mol. The van der Waals surface area contributed by atoms with Crippen LogP contribution in [0.2, 0.25) is 0 Å². The van der Waals surface area contributed by atoms with E-state index in [2.05, 4.69) is 15.6 Å². The van der Waals surface area contributed by atoms with Gasteiger partial charge in [-0.25, -0.2) is 4.99 Å². The highest BCUT2D eigenvalue weighted by molar-refractivity contribution is 14.0. The van der Waals surface area contributed by atoms with Crippen molar-refractivity contribution < 1.29 is 9.53 Å². The van der Waals surface area contributed by atoms with Gasteiger partial charge in [0.25, 0.3) is 0 Å². The van der Waals surface area contributed by atoms with Gasteiger partial charge in [-0.3, -0.25) is 4.79 Å². The second-order valence-electron chi connectivity index (χ2n) is 6.17. The fourth-order valence-corrected chi connectivity index (χ4v) is 2.56. The summed E-state index contributed by atoms with van der Waals surface area (Å²) in [6, 6.07) is 10.2. The van der Waals surface area contributed by atoms with Crippen molar-refractivity contribution in [2.24, 2.45) is 4.99 Å². The third-order valence-electron chi connectivity index (χ3n) is 3.97. The smallest absolute Gasteiger partial charge is 0.243 e.